The average Bonchev–Trinajstić information content (AvgIpc) is 3.14. The van der Waals surface area contributed by atoms with Crippen LogP contribution in [0.3, 0.4) is 0 Å². The zero-order valence-corrected chi connectivity index (χ0v) is 19.8. The van der Waals surface area contributed by atoms with Gasteiger partial charge < -0.3 is 20.1 Å². The molecule has 0 radical (unpaired) electrons. The number of carbonyl (C=O) groups excluding carboxylic acids is 3. The summed E-state index contributed by atoms with van der Waals surface area (Å²) in [6.07, 6.45) is 0.524. The number of carbonyl (C=O) groups is 3. The van der Waals surface area contributed by atoms with E-state index < -0.39 is 23.0 Å². The molecular formula is C23H25N6O5S-. The number of piperidine rings is 1. The molecule has 0 saturated carbocycles. The number of fused-ring (bicyclic) bond motifs is 1. The maximum Gasteiger partial charge on any atom is 0.255 e. The number of pyridine rings is 1. The molecule has 3 N–H and O–H groups in total. The van der Waals surface area contributed by atoms with Crippen molar-refractivity contribution in [3.05, 3.63) is 41.5 Å². The normalized spacial score (nSPS) is 21.7. The lowest BCUT2D eigenvalue weighted by molar-refractivity contribution is -0.136. The first-order valence-corrected chi connectivity index (χ1v) is 12.6. The molecule has 1 aromatic heterocycles. The minimum Gasteiger partial charge on any atom is -0.771 e. The second-order valence-electron chi connectivity index (χ2n) is 8.95. The van der Waals surface area contributed by atoms with Crippen LogP contribution < -0.4 is 16.0 Å². The highest BCUT2D eigenvalue weighted by Gasteiger charge is 2.39. The van der Waals surface area contributed by atoms with E-state index in [-0.39, 0.29) is 30.7 Å². The summed E-state index contributed by atoms with van der Waals surface area (Å²) in [7, 11) is 0. The van der Waals surface area contributed by atoms with Gasteiger partial charge in [-0.15, -0.1) is 0 Å². The molecule has 3 amide bonds. The van der Waals surface area contributed by atoms with Gasteiger partial charge in [-0.2, -0.15) is 0 Å². The Labute approximate surface area is 204 Å². The van der Waals surface area contributed by atoms with Crippen molar-refractivity contribution < 1.29 is 23.1 Å². The minimum atomic E-state index is -2.10. The Kier molecular flexibility index (Phi) is 6.26. The number of nitrogens with one attached hydrogen (secondary N) is 1. The van der Waals surface area contributed by atoms with Gasteiger partial charge >= 0.3 is 0 Å². The summed E-state index contributed by atoms with van der Waals surface area (Å²) >= 11 is -2.10. The van der Waals surface area contributed by atoms with Crippen molar-refractivity contribution in [1.82, 2.24) is 20.1 Å². The van der Waals surface area contributed by atoms with E-state index in [2.05, 4.69) is 15.2 Å². The monoisotopic (exact) mass is 497 g/mol. The van der Waals surface area contributed by atoms with Gasteiger partial charge in [0.2, 0.25) is 11.8 Å². The topological polar surface area (TPSA) is 152 Å². The van der Waals surface area contributed by atoms with Gasteiger partial charge in [0, 0.05) is 62.0 Å². The summed E-state index contributed by atoms with van der Waals surface area (Å²) in [6, 6.07) is 8.53. The minimum absolute atomic E-state index is 0.0290. The van der Waals surface area contributed by atoms with Crippen LogP contribution in [0.15, 0.2) is 30.3 Å². The van der Waals surface area contributed by atoms with Gasteiger partial charge in [-0.25, -0.2) is 4.98 Å². The first-order chi connectivity index (χ1) is 16.8. The quantitative estimate of drug-likeness (QED) is 0.431. The predicted octanol–water partition coefficient (Wildman–Crippen LogP) is 0.0504. The number of anilines is 2. The highest BCUT2D eigenvalue weighted by atomic mass is 32.2. The molecule has 1 aromatic carbocycles. The number of hydrogen-bond acceptors (Lipinski definition) is 9. The number of nitrogens with two attached hydrogens (primary N) is 1. The second-order valence-corrected chi connectivity index (χ2v) is 9.81. The number of piperazine rings is 1. The molecule has 2 atom stereocenters. The number of benzene rings is 1. The number of hydrogen-bond donors (Lipinski definition) is 2. The smallest absolute Gasteiger partial charge is 0.255 e. The maximum atomic E-state index is 13.0. The number of nitrogen functional groups attached to an aromatic ring is 1. The van der Waals surface area contributed by atoms with Crippen molar-refractivity contribution in [2.45, 2.75) is 25.4 Å². The molecule has 3 aliphatic heterocycles. The van der Waals surface area contributed by atoms with E-state index in [4.69, 9.17) is 5.73 Å². The van der Waals surface area contributed by atoms with Gasteiger partial charge in [-0.3, -0.25) is 28.8 Å². The van der Waals surface area contributed by atoms with Crippen LogP contribution in [0.4, 0.5) is 11.5 Å². The molecule has 0 aliphatic carbocycles. The van der Waals surface area contributed by atoms with E-state index in [0.29, 0.717) is 49.7 Å². The molecule has 0 spiro atoms. The fraction of sp³-hybridized carbons (Fsp3) is 0.391. The van der Waals surface area contributed by atoms with Crippen LogP contribution in [0.1, 0.15) is 28.8 Å². The Bertz CT molecular complexity index is 1230. The summed E-state index contributed by atoms with van der Waals surface area (Å²) in [5.41, 5.74) is 9.81. The lowest BCUT2D eigenvalue weighted by atomic mass is 10.0. The van der Waals surface area contributed by atoms with Crippen LogP contribution in [-0.4, -0.2) is 79.4 Å². The number of aromatic nitrogens is 1. The number of imide groups is 1. The summed E-state index contributed by atoms with van der Waals surface area (Å²) < 4.78 is 21.9. The zero-order valence-electron chi connectivity index (χ0n) is 18.9. The molecule has 2 fully saturated rings. The molecule has 0 bridgehead atoms. The summed E-state index contributed by atoms with van der Waals surface area (Å²) in [6.45, 7) is 2.87. The molecule has 2 aromatic rings. The SMILES string of the molecule is Nc1cc(N2CCN(CS(=O)[O-])CC2)cc(-c2ccc3c(c2)CN(C2CCC(=O)NC2=O)C3=O)n1. The van der Waals surface area contributed by atoms with E-state index >= 15 is 0 Å². The lowest BCUT2D eigenvalue weighted by Crippen LogP contribution is -2.52. The standard InChI is InChI=1S/C23H26N6O5S/c24-20-11-16(28-7-5-27(6-8-28)13-35(33)34)10-18(25-20)14-1-2-17-15(9-14)12-29(23(17)32)19-3-4-21(30)26-22(19)31/h1-2,9-11,19H,3-8,12-13H2,(H2,24,25)(H,33,34)(H,26,30,31)/p-1. The molecule has 3 aliphatic rings. The van der Waals surface area contributed by atoms with Crippen LogP contribution in [0, 0.1) is 0 Å². The summed E-state index contributed by atoms with van der Waals surface area (Å²) in [5, 5.41) is 2.31. The van der Waals surface area contributed by atoms with Crippen LogP contribution >= 0.6 is 0 Å². The largest absolute Gasteiger partial charge is 0.771 e. The van der Waals surface area contributed by atoms with Crippen molar-refractivity contribution in [3.63, 3.8) is 0 Å². The third kappa shape index (κ3) is 4.77. The molecule has 2 saturated heterocycles. The summed E-state index contributed by atoms with van der Waals surface area (Å²) in [5.74, 6) is -0.586. The molecule has 5 rings (SSSR count). The first kappa shape index (κ1) is 23.4. The molecule has 12 heteroatoms. The van der Waals surface area contributed by atoms with Crippen molar-refractivity contribution in [3.8, 4) is 11.3 Å². The van der Waals surface area contributed by atoms with Crippen molar-refractivity contribution in [2.24, 2.45) is 0 Å². The van der Waals surface area contributed by atoms with E-state index in [1.807, 2.05) is 23.1 Å². The zero-order chi connectivity index (χ0) is 24.7. The molecule has 2 unspecified atom stereocenters. The average molecular weight is 498 g/mol. The highest BCUT2D eigenvalue weighted by Crippen LogP contribution is 2.32. The summed E-state index contributed by atoms with van der Waals surface area (Å²) in [4.78, 5) is 46.8. The van der Waals surface area contributed by atoms with Crippen LogP contribution in [0.2, 0.25) is 0 Å². The molecule has 11 nitrogen and oxygen atoms in total. The van der Waals surface area contributed by atoms with Crippen LogP contribution in [0.25, 0.3) is 11.3 Å². The number of amides is 3. The Morgan fingerprint density at radius 1 is 1.11 bits per heavy atom. The third-order valence-corrected chi connectivity index (χ3v) is 7.25. The predicted molar refractivity (Wildman–Crippen MR) is 128 cm³/mol. The fourth-order valence-corrected chi connectivity index (χ4v) is 5.44. The number of rotatable bonds is 5. The Morgan fingerprint density at radius 2 is 1.89 bits per heavy atom. The third-order valence-electron chi connectivity index (χ3n) is 6.67. The van der Waals surface area contributed by atoms with Gasteiger partial charge in [-0.05, 0) is 41.3 Å². The van der Waals surface area contributed by atoms with E-state index in [0.717, 1.165) is 16.8 Å². The van der Waals surface area contributed by atoms with Gasteiger partial charge in [0.25, 0.3) is 5.91 Å². The molecular weight excluding hydrogens is 472 g/mol. The van der Waals surface area contributed by atoms with E-state index in [1.165, 1.54) is 4.90 Å². The molecule has 4 heterocycles. The van der Waals surface area contributed by atoms with Gasteiger partial charge in [-0.1, -0.05) is 6.07 Å². The van der Waals surface area contributed by atoms with Crippen LogP contribution in [-0.2, 0) is 27.2 Å². The lowest BCUT2D eigenvalue weighted by Gasteiger charge is -2.36. The van der Waals surface area contributed by atoms with E-state index in [9.17, 15) is 23.1 Å². The number of nitrogens with zero attached hydrogens (tertiary/aromatic N) is 4. The fourth-order valence-electron chi connectivity index (χ4n) is 4.89. The maximum absolute atomic E-state index is 13.0. The van der Waals surface area contributed by atoms with E-state index in [1.54, 1.807) is 12.1 Å². The van der Waals surface area contributed by atoms with Crippen molar-refractivity contribution >= 4 is 40.3 Å². The Morgan fingerprint density at radius 3 is 2.60 bits per heavy atom. The second kappa shape index (κ2) is 9.36. The van der Waals surface area contributed by atoms with Gasteiger partial charge in [0.1, 0.15) is 11.9 Å². The van der Waals surface area contributed by atoms with Gasteiger partial charge in [0.15, 0.2) is 0 Å². The first-order valence-electron chi connectivity index (χ1n) is 11.4. The Balaban J connectivity index is 1.35. The molecule has 35 heavy (non-hydrogen) atoms. The highest BCUT2D eigenvalue weighted by molar-refractivity contribution is 7.79. The molecule has 184 valence electrons. The van der Waals surface area contributed by atoms with Crippen molar-refractivity contribution in [2.75, 3.05) is 42.7 Å². The van der Waals surface area contributed by atoms with Gasteiger partial charge in [0.05, 0.1) is 11.6 Å². The van der Waals surface area contributed by atoms with Crippen molar-refractivity contribution in [1.29, 1.82) is 0 Å². The Hall–Kier alpha value is -3.35. The van der Waals surface area contributed by atoms with Crippen LogP contribution in [0.5, 0.6) is 0 Å².